The summed E-state index contributed by atoms with van der Waals surface area (Å²) in [6, 6.07) is 6.00. The molecule has 3 heterocycles. The van der Waals surface area contributed by atoms with Gasteiger partial charge in [0, 0.05) is 40.4 Å². The first-order valence-corrected chi connectivity index (χ1v) is 12.3. The Morgan fingerprint density at radius 1 is 1.33 bits per heavy atom. The Bertz CT molecular complexity index is 1020. The summed E-state index contributed by atoms with van der Waals surface area (Å²) in [7, 11) is 0. The van der Waals surface area contributed by atoms with E-state index < -0.39 is 0 Å². The van der Waals surface area contributed by atoms with Crippen LogP contribution in [0.4, 0.5) is 5.69 Å². The third kappa shape index (κ3) is 4.93. The number of fused-ring (bicyclic) bond motifs is 1. The van der Waals surface area contributed by atoms with E-state index >= 15 is 0 Å². The summed E-state index contributed by atoms with van der Waals surface area (Å²) in [5, 5.41) is 9.37. The van der Waals surface area contributed by atoms with Crippen molar-refractivity contribution in [2.75, 3.05) is 5.73 Å². The number of nitrogen functional groups attached to an aromatic ring is 1. The first kappa shape index (κ1) is 22.5. The second-order valence-electron chi connectivity index (χ2n) is 7.34. The van der Waals surface area contributed by atoms with E-state index in [4.69, 9.17) is 16.1 Å². The third-order valence-electron chi connectivity index (χ3n) is 5.23. The molecule has 0 saturated heterocycles. The number of rotatable bonds is 6. The zero-order valence-corrected chi connectivity index (χ0v) is 19.6. The summed E-state index contributed by atoms with van der Waals surface area (Å²) >= 11 is 3.56. The largest absolute Gasteiger partial charge is 0.397 e. The van der Waals surface area contributed by atoms with Gasteiger partial charge in [0.1, 0.15) is 4.83 Å². The minimum atomic E-state index is 0.680. The van der Waals surface area contributed by atoms with Crippen molar-refractivity contribution in [2.24, 2.45) is 0 Å². The highest BCUT2D eigenvalue weighted by Crippen LogP contribution is 2.48. The molecular weight excluding hydrogens is 408 g/mol. The van der Waals surface area contributed by atoms with Crippen molar-refractivity contribution in [3.63, 3.8) is 0 Å². The molecule has 0 atom stereocenters. The number of nitrogens with one attached hydrogen (secondary N) is 1. The van der Waals surface area contributed by atoms with Crippen LogP contribution in [0, 0.1) is 5.41 Å². The molecule has 0 aliphatic heterocycles. The highest BCUT2D eigenvalue weighted by molar-refractivity contribution is 8.02. The van der Waals surface area contributed by atoms with Gasteiger partial charge in [0.05, 0.1) is 15.6 Å². The van der Waals surface area contributed by atoms with E-state index in [1.54, 1.807) is 17.5 Å². The second kappa shape index (κ2) is 10.7. The Kier molecular flexibility index (Phi) is 8.05. The maximum atomic E-state index is 7.68. The Morgan fingerprint density at radius 3 is 2.63 bits per heavy atom. The van der Waals surface area contributed by atoms with Crippen LogP contribution in [0.3, 0.4) is 0 Å². The van der Waals surface area contributed by atoms with E-state index in [0.717, 1.165) is 42.5 Å². The first-order chi connectivity index (χ1) is 14.6. The van der Waals surface area contributed by atoms with Gasteiger partial charge >= 0.3 is 0 Å². The molecule has 1 fully saturated rings. The molecule has 4 nitrogen and oxygen atoms in total. The van der Waals surface area contributed by atoms with Gasteiger partial charge in [0.25, 0.3) is 0 Å². The summed E-state index contributed by atoms with van der Waals surface area (Å²) in [6.45, 7) is 6.29. The van der Waals surface area contributed by atoms with Crippen molar-refractivity contribution < 1.29 is 0 Å². The molecule has 0 unspecified atom stereocenters. The van der Waals surface area contributed by atoms with Crippen LogP contribution < -0.4 is 5.73 Å². The molecule has 30 heavy (non-hydrogen) atoms. The number of nitrogens with zero attached hydrogens (tertiary/aromatic N) is 2. The van der Waals surface area contributed by atoms with E-state index in [2.05, 4.69) is 18.8 Å². The number of pyridine rings is 2. The summed E-state index contributed by atoms with van der Waals surface area (Å²) in [5.41, 5.74) is 11.1. The van der Waals surface area contributed by atoms with E-state index in [1.165, 1.54) is 38.3 Å². The molecule has 4 rings (SSSR count). The number of aromatic nitrogens is 2. The quantitative estimate of drug-likeness (QED) is 0.392. The number of hydrogen-bond donors (Lipinski definition) is 2. The van der Waals surface area contributed by atoms with Gasteiger partial charge in [0.2, 0.25) is 0 Å². The van der Waals surface area contributed by atoms with Gasteiger partial charge in [-0.1, -0.05) is 45.3 Å². The zero-order valence-electron chi connectivity index (χ0n) is 17.9. The lowest BCUT2D eigenvalue weighted by Crippen LogP contribution is -2.12. The Hall–Kier alpha value is -2.18. The minimum Gasteiger partial charge on any atom is -0.397 e. The Labute approximate surface area is 187 Å². The molecule has 6 heteroatoms. The van der Waals surface area contributed by atoms with Gasteiger partial charge in [0.15, 0.2) is 0 Å². The monoisotopic (exact) mass is 438 g/mol. The lowest BCUT2D eigenvalue weighted by Gasteiger charge is -2.23. The van der Waals surface area contributed by atoms with Gasteiger partial charge < -0.3 is 11.1 Å². The third-order valence-corrected chi connectivity index (χ3v) is 7.90. The molecule has 1 aliphatic carbocycles. The molecule has 3 aromatic heterocycles. The lowest BCUT2D eigenvalue weighted by atomic mass is 10.00. The smallest absolute Gasteiger partial charge is 0.127 e. The molecule has 0 radical (unpaired) electrons. The molecule has 158 valence electrons. The maximum Gasteiger partial charge on any atom is 0.127 e. The fourth-order valence-electron chi connectivity index (χ4n) is 3.03. The number of hydrogen-bond acceptors (Lipinski definition) is 6. The molecule has 0 spiro atoms. The van der Waals surface area contributed by atoms with Gasteiger partial charge in [-0.2, -0.15) is 0 Å². The average Bonchev–Trinajstić information content (AvgIpc) is 3.07. The Balaban J connectivity index is 0.000000589. The summed E-state index contributed by atoms with van der Waals surface area (Å²) in [6.07, 6.45) is 13.4. The highest BCUT2D eigenvalue weighted by Gasteiger charge is 2.24. The second-order valence-corrected chi connectivity index (χ2v) is 9.91. The van der Waals surface area contributed by atoms with E-state index in [9.17, 15) is 0 Å². The van der Waals surface area contributed by atoms with Crippen LogP contribution in [-0.4, -0.2) is 21.4 Å². The highest BCUT2D eigenvalue weighted by atomic mass is 32.2. The number of unbranched alkanes of at least 4 members (excludes halogenated alkanes) is 1. The van der Waals surface area contributed by atoms with Crippen LogP contribution in [0.1, 0.15) is 58.6 Å². The molecule has 0 aromatic carbocycles. The van der Waals surface area contributed by atoms with Crippen molar-refractivity contribution in [1.29, 1.82) is 5.41 Å². The molecule has 1 aliphatic rings. The summed E-state index contributed by atoms with van der Waals surface area (Å²) < 4.78 is 1.16. The zero-order chi connectivity index (χ0) is 21.5. The van der Waals surface area contributed by atoms with E-state index in [1.807, 2.05) is 49.2 Å². The number of thiophene rings is 1. The van der Waals surface area contributed by atoms with Gasteiger partial charge in [-0.25, -0.2) is 4.98 Å². The molecule has 1 saturated carbocycles. The number of nitrogens with two attached hydrogens (primary N) is 1. The van der Waals surface area contributed by atoms with Gasteiger partial charge in [-0.15, -0.1) is 23.1 Å². The van der Waals surface area contributed by atoms with Crippen LogP contribution in [0.2, 0.25) is 0 Å². The van der Waals surface area contributed by atoms with Crippen molar-refractivity contribution in [3.8, 4) is 11.1 Å². The number of thioether (sulfide) groups is 1. The first-order valence-electron chi connectivity index (χ1n) is 10.6. The number of anilines is 1. The summed E-state index contributed by atoms with van der Waals surface area (Å²) in [5.74, 6) is 0. The fraction of sp³-hybridized carbons (Fsp3) is 0.375. The maximum absolute atomic E-state index is 7.68. The van der Waals surface area contributed by atoms with E-state index in [-0.39, 0.29) is 0 Å². The standard InChI is InChI=1S/C20H20N4S2.C4H10/c1-2-12(10-21)16-9-15(13-5-4-8-23-11-13)17-18(22)20(26-19(17)24-16)25-14-6-3-7-14;1-3-4-2/h2,4-5,8-11,14,21H,3,6-7,22H2,1H3;3-4H2,1-2H3/b12-2+,21-10?;. The van der Waals surface area contributed by atoms with Crippen LogP contribution in [0.15, 0.2) is 40.9 Å². The number of allylic oxidation sites excluding steroid dienone is 2. The van der Waals surface area contributed by atoms with Crippen molar-refractivity contribution in [1.82, 2.24) is 9.97 Å². The molecule has 3 aromatic rings. The van der Waals surface area contributed by atoms with Crippen LogP contribution in [0.25, 0.3) is 26.9 Å². The van der Waals surface area contributed by atoms with E-state index in [0.29, 0.717) is 5.25 Å². The van der Waals surface area contributed by atoms with Gasteiger partial charge in [-0.05, 0) is 37.5 Å². The molecule has 0 amide bonds. The topological polar surface area (TPSA) is 75.7 Å². The fourth-order valence-corrected chi connectivity index (χ4v) is 5.82. The molecule has 0 bridgehead atoms. The molecular formula is C24H30N4S2. The van der Waals surface area contributed by atoms with Crippen LogP contribution in [0.5, 0.6) is 0 Å². The summed E-state index contributed by atoms with van der Waals surface area (Å²) in [4.78, 5) is 10.0. The van der Waals surface area contributed by atoms with Crippen molar-refractivity contribution in [3.05, 3.63) is 42.4 Å². The van der Waals surface area contributed by atoms with Crippen LogP contribution >= 0.6 is 23.1 Å². The van der Waals surface area contributed by atoms with Crippen LogP contribution in [-0.2, 0) is 0 Å². The van der Waals surface area contributed by atoms with Gasteiger partial charge in [-0.3, -0.25) is 4.98 Å². The SMILES string of the molecule is C/C=C(\C=N)c1cc(-c2cccnc2)c2c(N)c(SC3CCC3)sc2n1.CCCC. The predicted octanol–water partition coefficient (Wildman–Crippen LogP) is 7.44. The lowest BCUT2D eigenvalue weighted by molar-refractivity contribution is 0.522. The Morgan fingerprint density at radius 2 is 2.10 bits per heavy atom. The minimum absolute atomic E-state index is 0.680. The van der Waals surface area contributed by atoms with Crippen molar-refractivity contribution >= 4 is 50.8 Å². The molecule has 3 N–H and O–H groups in total. The average molecular weight is 439 g/mol. The normalized spacial score (nSPS) is 14.2. The predicted molar refractivity (Wildman–Crippen MR) is 134 cm³/mol. The van der Waals surface area contributed by atoms with Crippen molar-refractivity contribution in [2.45, 2.75) is 62.3 Å².